The van der Waals surface area contributed by atoms with E-state index in [2.05, 4.69) is 17.1 Å². The van der Waals surface area contributed by atoms with Crippen molar-refractivity contribution in [1.82, 2.24) is 10.2 Å². The van der Waals surface area contributed by atoms with E-state index in [1.165, 1.54) is 37.3 Å². The van der Waals surface area contributed by atoms with E-state index in [0.717, 1.165) is 36.0 Å². The van der Waals surface area contributed by atoms with E-state index in [4.69, 9.17) is 5.11 Å². The minimum absolute atomic E-state index is 0.440. The van der Waals surface area contributed by atoms with E-state index in [9.17, 15) is 4.79 Å². The Balaban J connectivity index is 1.75. The van der Waals surface area contributed by atoms with Gasteiger partial charge < -0.3 is 15.3 Å². The molecule has 1 saturated heterocycles. The molecule has 2 rings (SSSR count). The normalized spacial score (nSPS) is 17.5. The third-order valence-corrected chi connectivity index (χ3v) is 5.21. The van der Waals surface area contributed by atoms with Gasteiger partial charge in [-0.25, -0.2) is 4.79 Å². The lowest BCUT2D eigenvalue weighted by Crippen LogP contribution is -2.36. The summed E-state index contributed by atoms with van der Waals surface area (Å²) in [6, 6.07) is 1.80. The Bertz CT molecular complexity index is 451. The molecular formula is C15H24N2O2S. The molecule has 0 aromatic carbocycles. The molecule has 0 aliphatic carbocycles. The first-order valence-corrected chi connectivity index (χ1v) is 8.17. The summed E-state index contributed by atoms with van der Waals surface area (Å²) in [5.74, 6) is -0.0630. The lowest BCUT2D eigenvalue weighted by Gasteiger charge is -2.31. The maximum Gasteiger partial charge on any atom is 0.345 e. The summed E-state index contributed by atoms with van der Waals surface area (Å²) in [6.07, 6.45) is 2.54. The molecular weight excluding hydrogens is 272 g/mol. The Morgan fingerprint density at radius 3 is 2.75 bits per heavy atom. The topological polar surface area (TPSA) is 52.6 Å². The third kappa shape index (κ3) is 4.04. The molecule has 1 aromatic heterocycles. The van der Waals surface area contributed by atoms with Crippen molar-refractivity contribution in [3.05, 3.63) is 21.4 Å². The Hall–Kier alpha value is -0.910. The fourth-order valence-electron chi connectivity index (χ4n) is 2.72. The zero-order chi connectivity index (χ0) is 14.5. The Morgan fingerprint density at radius 1 is 1.50 bits per heavy atom. The number of hydrogen-bond acceptors (Lipinski definition) is 4. The standard InChI is InChI=1S/C15H24N2O2S/c1-3-17-6-4-12(5-7-17)9-16-10-13-8-14(15(18)19)20-11(13)2/h8,12,16H,3-7,9-10H2,1-2H3,(H,18,19). The molecule has 0 saturated carbocycles. The van der Waals surface area contributed by atoms with Crippen molar-refractivity contribution in [1.29, 1.82) is 0 Å². The van der Waals surface area contributed by atoms with Crippen molar-refractivity contribution in [2.24, 2.45) is 5.92 Å². The zero-order valence-corrected chi connectivity index (χ0v) is 13.1. The molecule has 0 radical (unpaired) electrons. The van der Waals surface area contributed by atoms with Crippen LogP contribution in [0.3, 0.4) is 0 Å². The number of aryl methyl sites for hydroxylation is 1. The van der Waals surface area contributed by atoms with Gasteiger partial charge in [0.15, 0.2) is 0 Å². The zero-order valence-electron chi connectivity index (χ0n) is 12.3. The van der Waals surface area contributed by atoms with Crippen LogP contribution in [-0.4, -0.2) is 42.2 Å². The van der Waals surface area contributed by atoms with Crippen molar-refractivity contribution < 1.29 is 9.90 Å². The van der Waals surface area contributed by atoms with Crippen molar-refractivity contribution in [3.63, 3.8) is 0 Å². The highest BCUT2D eigenvalue weighted by atomic mass is 32.1. The quantitative estimate of drug-likeness (QED) is 0.847. The summed E-state index contributed by atoms with van der Waals surface area (Å²) >= 11 is 1.37. The van der Waals surface area contributed by atoms with Crippen LogP contribution in [0.2, 0.25) is 0 Å². The van der Waals surface area contributed by atoms with Crippen LogP contribution in [0.4, 0.5) is 0 Å². The first-order valence-electron chi connectivity index (χ1n) is 7.35. The van der Waals surface area contributed by atoms with Crippen molar-refractivity contribution in [2.45, 2.75) is 33.2 Å². The molecule has 0 unspecified atom stereocenters. The lowest BCUT2D eigenvalue weighted by molar-refractivity contribution is 0.0702. The second kappa shape index (κ2) is 7.20. The molecule has 0 amide bonds. The van der Waals surface area contributed by atoms with Gasteiger partial charge >= 0.3 is 5.97 Å². The Labute approximate surface area is 124 Å². The molecule has 1 aliphatic heterocycles. The average molecular weight is 296 g/mol. The van der Waals surface area contributed by atoms with Gasteiger partial charge in [0.05, 0.1) is 0 Å². The van der Waals surface area contributed by atoms with Crippen LogP contribution in [0.1, 0.15) is 39.9 Å². The van der Waals surface area contributed by atoms with Gasteiger partial charge in [0, 0.05) is 11.4 Å². The number of carboxylic acids is 1. The van der Waals surface area contributed by atoms with Crippen LogP contribution in [0.5, 0.6) is 0 Å². The molecule has 0 bridgehead atoms. The number of aromatic carboxylic acids is 1. The van der Waals surface area contributed by atoms with Gasteiger partial charge in [0.2, 0.25) is 0 Å². The van der Waals surface area contributed by atoms with Crippen LogP contribution in [0.25, 0.3) is 0 Å². The maximum absolute atomic E-state index is 10.9. The molecule has 2 N–H and O–H groups in total. The molecule has 1 aliphatic rings. The van der Waals surface area contributed by atoms with Gasteiger partial charge in [-0.3, -0.25) is 0 Å². The van der Waals surface area contributed by atoms with Crippen molar-refractivity contribution in [2.75, 3.05) is 26.2 Å². The fourth-order valence-corrected chi connectivity index (χ4v) is 3.60. The van der Waals surface area contributed by atoms with Gasteiger partial charge in [-0.1, -0.05) is 6.92 Å². The Kier molecular flexibility index (Phi) is 5.57. The average Bonchev–Trinajstić information content (AvgIpc) is 2.81. The van der Waals surface area contributed by atoms with E-state index in [0.29, 0.717) is 4.88 Å². The van der Waals surface area contributed by atoms with Gasteiger partial charge in [0.1, 0.15) is 4.88 Å². The molecule has 1 fully saturated rings. The number of carbonyl (C=O) groups is 1. The molecule has 5 heteroatoms. The van der Waals surface area contributed by atoms with E-state index in [-0.39, 0.29) is 0 Å². The highest BCUT2D eigenvalue weighted by Crippen LogP contribution is 2.22. The van der Waals surface area contributed by atoms with Crippen LogP contribution >= 0.6 is 11.3 Å². The van der Waals surface area contributed by atoms with Crippen molar-refractivity contribution >= 4 is 17.3 Å². The summed E-state index contributed by atoms with van der Waals surface area (Å²) in [6.45, 7) is 9.61. The minimum atomic E-state index is -0.823. The molecule has 2 heterocycles. The number of thiophene rings is 1. The van der Waals surface area contributed by atoms with Gasteiger partial charge in [-0.15, -0.1) is 11.3 Å². The summed E-state index contributed by atoms with van der Waals surface area (Å²) in [7, 11) is 0. The molecule has 0 atom stereocenters. The summed E-state index contributed by atoms with van der Waals surface area (Å²) < 4.78 is 0. The highest BCUT2D eigenvalue weighted by molar-refractivity contribution is 7.14. The number of carboxylic acid groups (broad SMARTS) is 1. The number of nitrogens with one attached hydrogen (secondary N) is 1. The van der Waals surface area contributed by atoms with Gasteiger partial charge in [-0.05, 0) is 63.5 Å². The van der Waals surface area contributed by atoms with E-state index < -0.39 is 5.97 Å². The number of rotatable bonds is 6. The largest absolute Gasteiger partial charge is 0.477 e. The van der Waals surface area contributed by atoms with Gasteiger partial charge in [0.25, 0.3) is 0 Å². The summed E-state index contributed by atoms with van der Waals surface area (Å²) in [5.41, 5.74) is 1.12. The number of hydrogen-bond donors (Lipinski definition) is 2. The molecule has 0 spiro atoms. The first kappa shape index (κ1) is 15.5. The lowest BCUT2D eigenvalue weighted by atomic mass is 9.97. The molecule has 20 heavy (non-hydrogen) atoms. The summed E-state index contributed by atoms with van der Waals surface area (Å²) in [5, 5.41) is 12.5. The van der Waals surface area contributed by atoms with Crippen LogP contribution < -0.4 is 5.32 Å². The van der Waals surface area contributed by atoms with E-state index in [1.807, 2.05) is 6.92 Å². The Morgan fingerprint density at radius 2 is 2.20 bits per heavy atom. The predicted octanol–water partition coefficient (Wildman–Crippen LogP) is 2.58. The smallest absolute Gasteiger partial charge is 0.345 e. The van der Waals surface area contributed by atoms with Crippen LogP contribution in [-0.2, 0) is 6.54 Å². The first-order chi connectivity index (χ1) is 9.60. The minimum Gasteiger partial charge on any atom is -0.477 e. The second-order valence-corrected chi connectivity index (χ2v) is 6.76. The maximum atomic E-state index is 10.9. The second-order valence-electron chi connectivity index (χ2n) is 5.51. The predicted molar refractivity (Wildman–Crippen MR) is 82.6 cm³/mol. The monoisotopic (exact) mass is 296 g/mol. The SMILES string of the molecule is CCN1CCC(CNCc2cc(C(=O)O)sc2C)CC1. The number of piperidine rings is 1. The molecule has 1 aromatic rings. The van der Waals surface area contributed by atoms with Crippen LogP contribution in [0, 0.1) is 12.8 Å². The van der Waals surface area contributed by atoms with Crippen molar-refractivity contribution in [3.8, 4) is 0 Å². The third-order valence-electron chi connectivity index (χ3n) is 4.13. The van der Waals surface area contributed by atoms with E-state index >= 15 is 0 Å². The van der Waals surface area contributed by atoms with Crippen LogP contribution in [0.15, 0.2) is 6.07 Å². The van der Waals surface area contributed by atoms with Gasteiger partial charge in [-0.2, -0.15) is 0 Å². The number of nitrogens with zero attached hydrogens (tertiary/aromatic N) is 1. The number of likely N-dealkylation sites (tertiary alicyclic amines) is 1. The molecule has 112 valence electrons. The fraction of sp³-hybridized carbons (Fsp3) is 0.667. The summed E-state index contributed by atoms with van der Waals surface area (Å²) in [4.78, 5) is 15.0. The highest BCUT2D eigenvalue weighted by Gasteiger charge is 2.18. The molecule has 4 nitrogen and oxygen atoms in total. The van der Waals surface area contributed by atoms with E-state index in [1.54, 1.807) is 6.07 Å².